The van der Waals surface area contributed by atoms with E-state index in [1.54, 1.807) is 6.07 Å². The smallest absolute Gasteiger partial charge is 0.125 e. The van der Waals surface area contributed by atoms with Gasteiger partial charge in [0, 0.05) is 25.3 Å². The monoisotopic (exact) mass is 218 g/mol. The van der Waals surface area contributed by atoms with Crippen molar-refractivity contribution >= 4 is 10.9 Å². The van der Waals surface area contributed by atoms with Gasteiger partial charge in [0.1, 0.15) is 5.82 Å². The van der Waals surface area contributed by atoms with Crippen molar-refractivity contribution in [3.63, 3.8) is 0 Å². The third kappa shape index (κ3) is 1.95. The molecule has 0 atom stereocenters. The molecule has 1 fully saturated rings. The second kappa shape index (κ2) is 3.91. The van der Waals surface area contributed by atoms with Crippen molar-refractivity contribution in [2.75, 3.05) is 6.54 Å². The second-order valence-corrected chi connectivity index (χ2v) is 4.44. The van der Waals surface area contributed by atoms with Gasteiger partial charge in [0.15, 0.2) is 0 Å². The number of hydrogen-bond acceptors (Lipinski definition) is 1. The minimum absolute atomic E-state index is 0.164. The van der Waals surface area contributed by atoms with E-state index in [0.717, 1.165) is 30.0 Å². The molecule has 1 heterocycles. The van der Waals surface area contributed by atoms with Gasteiger partial charge in [-0.2, -0.15) is 0 Å². The second-order valence-electron chi connectivity index (χ2n) is 4.44. The van der Waals surface area contributed by atoms with Gasteiger partial charge < -0.3 is 9.88 Å². The van der Waals surface area contributed by atoms with E-state index in [0.29, 0.717) is 0 Å². The Kier molecular flexibility index (Phi) is 2.40. The number of benzene rings is 1. The molecule has 3 heteroatoms. The Morgan fingerprint density at radius 3 is 3.00 bits per heavy atom. The van der Waals surface area contributed by atoms with Crippen LogP contribution < -0.4 is 5.32 Å². The lowest BCUT2D eigenvalue weighted by Crippen LogP contribution is -2.21. The Labute approximate surface area is 94.1 Å². The van der Waals surface area contributed by atoms with Crippen LogP contribution in [0.5, 0.6) is 0 Å². The van der Waals surface area contributed by atoms with Crippen LogP contribution in [-0.2, 0) is 6.54 Å². The van der Waals surface area contributed by atoms with E-state index >= 15 is 0 Å². The van der Waals surface area contributed by atoms with E-state index in [4.69, 9.17) is 0 Å². The predicted octanol–water partition coefficient (Wildman–Crippen LogP) is 2.53. The first-order chi connectivity index (χ1) is 7.83. The van der Waals surface area contributed by atoms with Gasteiger partial charge in [-0.25, -0.2) is 4.39 Å². The molecule has 0 unspecified atom stereocenters. The molecule has 1 aliphatic rings. The summed E-state index contributed by atoms with van der Waals surface area (Å²) in [6, 6.07) is 7.71. The first kappa shape index (κ1) is 9.85. The zero-order chi connectivity index (χ0) is 11.0. The Morgan fingerprint density at radius 1 is 1.31 bits per heavy atom. The molecule has 1 aromatic carbocycles. The summed E-state index contributed by atoms with van der Waals surface area (Å²) in [4.78, 5) is 0. The summed E-state index contributed by atoms with van der Waals surface area (Å²) < 4.78 is 15.2. The highest BCUT2D eigenvalue weighted by molar-refractivity contribution is 5.80. The van der Waals surface area contributed by atoms with Gasteiger partial charge in [-0.05, 0) is 42.5 Å². The van der Waals surface area contributed by atoms with Crippen molar-refractivity contribution in [3.05, 3.63) is 36.3 Å². The minimum Gasteiger partial charge on any atom is -0.346 e. The number of nitrogens with one attached hydrogen (secondary N) is 1. The van der Waals surface area contributed by atoms with Crippen molar-refractivity contribution < 1.29 is 4.39 Å². The molecule has 0 saturated heterocycles. The molecular weight excluding hydrogens is 203 g/mol. The van der Waals surface area contributed by atoms with Crippen molar-refractivity contribution in [2.45, 2.75) is 25.4 Å². The summed E-state index contributed by atoms with van der Waals surface area (Å²) in [6.07, 6.45) is 4.64. The van der Waals surface area contributed by atoms with E-state index in [-0.39, 0.29) is 5.82 Å². The van der Waals surface area contributed by atoms with E-state index in [1.807, 2.05) is 18.3 Å². The van der Waals surface area contributed by atoms with Gasteiger partial charge in [0.25, 0.3) is 0 Å². The van der Waals surface area contributed by atoms with Crippen LogP contribution in [-0.4, -0.2) is 17.2 Å². The molecule has 0 aliphatic heterocycles. The highest BCUT2D eigenvalue weighted by atomic mass is 19.1. The number of fused-ring (bicyclic) bond motifs is 1. The summed E-state index contributed by atoms with van der Waals surface area (Å²) in [5.41, 5.74) is 0.984. The molecule has 0 radical (unpaired) electrons. The summed E-state index contributed by atoms with van der Waals surface area (Å²) in [6.45, 7) is 1.87. The van der Waals surface area contributed by atoms with Gasteiger partial charge in [0.2, 0.25) is 0 Å². The number of hydrogen-bond donors (Lipinski definition) is 1. The van der Waals surface area contributed by atoms with Crippen molar-refractivity contribution in [1.82, 2.24) is 9.88 Å². The van der Waals surface area contributed by atoms with Gasteiger partial charge in [0.05, 0.1) is 5.52 Å². The van der Waals surface area contributed by atoms with Crippen molar-refractivity contribution in [2.24, 2.45) is 0 Å². The molecule has 0 bridgehead atoms. The molecule has 16 heavy (non-hydrogen) atoms. The molecule has 3 rings (SSSR count). The summed E-state index contributed by atoms with van der Waals surface area (Å²) in [7, 11) is 0. The van der Waals surface area contributed by atoms with Gasteiger partial charge in [-0.1, -0.05) is 0 Å². The first-order valence-electron chi connectivity index (χ1n) is 5.81. The lowest BCUT2D eigenvalue weighted by Gasteiger charge is -2.06. The van der Waals surface area contributed by atoms with E-state index < -0.39 is 0 Å². The maximum atomic E-state index is 13.1. The number of halogens is 1. The Balaban J connectivity index is 1.76. The SMILES string of the molecule is Fc1ccc2ccn(CCNC3CC3)c2c1. The first-order valence-corrected chi connectivity index (χ1v) is 5.81. The van der Waals surface area contributed by atoms with Crippen LogP contribution in [0.15, 0.2) is 30.5 Å². The van der Waals surface area contributed by atoms with E-state index in [9.17, 15) is 4.39 Å². The van der Waals surface area contributed by atoms with Crippen LogP contribution in [0, 0.1) is 5.82 Å². The molecule has 0 spiro atoms. The van der Waals surface area contributed by atoms with Crippen molar-refractivity contribution in [1.29, 1.82) is 0 Å². The van der Waals surface area contributed by atoms with Crippen LogP contribution >= 0.6 is 0 Å². The average molecular weight is 218 g/mol. The fraction of sp³-hybridized carbons (Fsp3) is 0.385. The van der Waals surface area contributed by atoms with Crippen LogP contribution in [0.1, 0.15) is 12.8 Å². The molecule has 1 N–H and O–H groups in total. The van der Waals surface area contributed by atoms with Crippen LogP contribution in [0.2, 0.25) is 0 Å². The maximum absolute atomic E-state index is 13.1. The molecule has 84 valence electrons. The fourth-order valence-electron chi connectivity index (χ4n) is 2.03. The van der Waals surface area contributed by atoms with Crippen LogP contribution in [0.4, 0.5) is 4.39 Å². The van der Waals surface area contributed by atoms with Crippen LogP contribution in [0.3, 0.4) is 0 Å². The summed E-state index contributed by atoms with van der Waals surface area (Å²) in [5, 5.41) is 4.56. The number of rotatable bonds is 4. The average Bonchev–Trinajstić information content (AvgIpc) is 3.01. The maximum Gasteiger partial charge on any atom is 0.125 e. The number of aromatic nitrogens is 1. The highest BCUT2D eigenvalue weighted by Gasteiger charge is 2.19. The third-order valence-corrected chi connectivity index (χ3v) is 3.10. The fourth-order valence-corrected chi connectivity index (χ4v) is 2.03. The highest BCUT2D eigenvalue weighted by Crippen LogP contribution is 2.19. The van der Waals surface area contributed by atoms with Gasteiger partial charge >= 0.3 is 0 Å². The number of nitrogens with zero attached hydrogens (tertiary/aromatic N) is 1. The van der Waals surface area contributed by atoms with Crippen LogP contribution in [0.25, 0.3) is 10.9 Å². The molecule has 1 saturated carbocycles. The third-order valence-electron chi connectivity index (χ3n) is 3.10. The zero-order valence-electron chi connectivity index (χ0n) is 9.12. The lowest BCUT2D eigenvalue weighted by molar-refractivity contribution is 0.602. The molecule has 1 aromatic heterocycles. The largest absolute Gasteiger partial charge is 0.346 e. The molecule has 2 aromatic rings. The Hall–Kier alpha value is -1.35. The Morgan fingerprint density at radius 2 is 2.19 bits per heavy atom. The van der Waals surface area contributed by atoms with E-state index in [2.05, 4.69) is 9.88 Å². The standard InChI is InChI=1S/C13H15FN2/c14-11-2-1-10-5-7-16(13(10)9-11)8-6-15-12-3-4-12/h1-2,5,7,9,12,15H,3-4,6,8H2. The quantitative estimate of drug-likeness (QED) is 0.834. The summed E-state index contributed by atoms with van der Waals surface area (Å²) >= 11 is 0. The molecular formula is C13H15FN2. The Bertz CT molecular complexity index is 500. The summed E-state index contributed by atoms with van der Waals surface area (Å²) in [5.74, 6) is -0.164. The normalized spacial score (nSPS) is 15.8. The molecule has 0 amide bonds. The lowest BCUT2D eigenvalue weighted by atomic mass is 10.2. The van der Waals surface area contributed by atoms with Crippen molar-refractivity contribution in [3.8, 4) is 0 Å². The molecule has 2 nitrogen and oxygen atoms in total. The zero-order valence-corrected chi connectivity index (χ0v) is 9.12. The van der Waals surface area contributed by atoms with Gasteiger partial charge in [-0.3, -0.25) is 0 Å². The van der Waals surface area contributed by atoms with Gasteiger partial charge in [-0.15, -0.1) is 0 Å². The molecule has 1 aliphatic carbocycles. The topological polar surface area (TPSA) is 17.0 Å². The van der Waals surface area contributed by atoms with E-state index in [1.165, 1.54) is 18.9 Å². The minimum atomic E-state index is -0.164. The predicted molar refractivity (Wildman–Crippen MR) is 62.9 cm³/mol.